The van der Waals surface area contributed by atoms with Gasteiger partial charge in [0.1, 0.15) is 11.6 Å². The van der Waals surface area contributed by atoms with Gasteiger partial charge in [0.25, 0.3) is 11.6 Å². The quantitative estimate of drug-likeness (QED) is 0.501. The van der Waals surface area contributed by atoms with E-state index in [4.69, 9.17) is 4.74 Å². The van der Waals surface area contributed by atoms with Crippen LogP contribution in [0.4, 0.5) is 5.69 Å². The van der Waals surface area contributed by atoms with Crippen LogP contribution in [0.2, 0.25) is 0 Å². The Morgan fingerprint density at radius 3 is 2.65 bits per heavy atom. The molecule has 0 aliphatic carbocycles. The molecule has 0 spiro atoms. The van der Waals surface area contributed by atoms with Crippen molar-refractivity contribution in [1.29, 1.82) is 0 Å². The highest BCUT2D eigenvalue weighted by Crippen LogP contribution is 2.19. The van der Waals surface area contributed by atoms with Crippen LogP contribution in [0.3, 0.4) is 0 Å². The third-order valence-corrected chi connectivity index (χ3v) is 2.58. The average molecular weight is 280 g/mol. The van der Waals surface area contributed by atoms with E-state index in [0.29, 0.717) is 5.56 Å². The molecule has 1 rings (SSSR count). The number of benzene rings is 1. The number of nitro benzene ring substituents is 1. The maximum atomic E-state index is 12.0. The van der Waals surface area contributed by atoms with Gasteiger partial charge in [-0.3, -0.25) is 14.9 Å². The van der Waals surface area contributed by atoms with E-state index in [1.165, 1.54) is 19.1 Å². The highest BCUT2D eigenvalue weighted by atomic mass is 16.6. The maximum Gasteiger partial charge on any atom is 0.328 e. The van der Waals surface area contributed by atoms with Gasteiger partial charge in [0.15, 0.2) is 0 Å². The molecule has 1 aromatic carbocycles. The number of rotatable bonds is 5. The summed E-state index contributed by atoms with van der Waals surface area (Å²) in [4.78, 5) is 33.7. The zero-order valence-electron chi connectivity index (χ0n) is 11.5. The SMILES string of the molecule is CCOC(=O)C(C)NC(=O)c1cc(C)ccc1[N+](=O)[O-]. The van der Waals surface area contributed by atoms with E-state index in [1.807, 2.05) is 0 Å². The van der Waals surface area contributed by atoms with Crippen LogP contribution in [-0.2, 0) is 9.53 Å². The Morgan fingerprint density at radius 2 is 2.10 bits per heavy atom. The first-order chi connectivity index (χ1) is 9.36. The predicted octanol–water partition coefficient (Wildman–Crippen LogP) is 1.58. The van der Waals surface area contributed by atoms with Crippen molar-refractivity contribution in [3.63, 3.8) is 0 Å². The molecule has 0 fully saturated rings. The van der Waals surface area contributed by atoms with Crippen molar-refractivity contribution in [3.8, 4) is 0 Å². The summed E-state index contributed by atoms with van der Waals surface area (Å²) in [6.07, 6.45) is 0. The number of nitro groups is 1. The van der Waals surface area contributed by atoms with E-state index >= 15 is 0 Å². The van der Waals surface area contributed by atoms with E-state index < -0.39 is 22.8 Å². The van der Waals surface area contributed by atoms with Crippen molar-refractivity contribution < 1.29 is 19.2 Å². The average Bonchev–Trinajstić information content (AvgIpc) is 2.38. The monoisotopic (exact) mass is 280 g/mol. The highest BCUT2D eigenvalue weighted by molar-refractivity contribution is 6.00. The lowest BCUT2D eigenvalue weighted by atomic mass is 10.1. The van der Waals surface area contributed by atoms with Crippen LogP contribution in [0.15, 0.2) is 18.2 Å². The third-order valence-electron chi connectivity index (χ3n) is 2.58. The highest BCUT2D eigenvalue weighted by Gasteiger charge is 2.23. The first-order valence-corrected chi connectivity index (χ1v) is 6.09. The first kappa shape index (κ1) is 15.6. The smallest absolute Gasteiger partial charge is 0.328 e. The topological polar surface area (TPSA) is 98.5 Å². The molecular weight excluding hydrogens is 264 g/mol. The van der Waals surface area contributed by atoms with E-state index in [2.05, 4.69) is 5.32 Å². The molecule has 7 nitrogen and oxygen atoms in total. The number of hydrogen-bond acceptors (Lipinski definition) is 5. The van der Waals surface area contributed by atoms with Gasteiger partial charge in [-0.05, 0) is 32.4 Å². The van der Waals surface area contributed by atoms with Crippen molar-refractivity contribution in [2.75, 3.05) is 6.61 Å². The van der Waals surface area contributed by atoms with E-state index in [-0.39, 0.29) is 17.9 Å². The van der Waals surface area contributed by atoms with Gasteiger partial charge in [-0.1, -0.05) is 6.07 Å². The number of hydrogen-bond donors (Lipinski definition) is 1. The molecule has 20 heavy (non-hydrogen) atoms. The molecule has 1 N–H and O–H groups in total. The molecule has 108 valence electrons. The second kappa shape index (κ2) is 6.65. The fourth-order valence-electron chi connectivity index (χ4n) is 1.59. The number of nitrogens with one attached hydrogen (secondary N) is 1. The van der Waals surface area contributed by atoms with Crippen molar-refractivity contribution >= 4 is 17.6 Å². The van der Waals surface area contributed by atoms with Crippen LogP contribution < -0.4 is 5.32 Å². The molecule has 1 amide bonds. The van der Waals surface area contributed by atoms with Gasteiger partial charge < -0.3 is 10.1 Å². The molecule has 0 heterocycles. The van der Waals surface area contributed by atoms with E-state index in [1.54, 1.807) is 19.9 Å². The van der Waals surface area contributed by atoms with Gasteiger partial charge in [0.05, 0.1) is 11.5 Å². The minimum Gasteiger partial charge on any atom is -0.464 e. The van der Waals surface area contributed by atoms with Crippen LogP contribution in [0.1, 0.15) is 29.8 Å². The Hall–Kier alpha value is -2.44. The van der Waals surface area contributed by atoms with Gasteiger partial charge in [0, 0.05) is 6.07 Å². The summed E-state index contributed by atoms with van der Waals surface area (Å²) in [5.41, 5.74) is 0.333. The predicted molar refractivity (Wildman–Crippen MR) is 71.4 cm³/mol. The number of amides is 1. The summed E-state index contributed by atoms with van der Waals surface area (Å²) in [7, 11) is 0. The second-order valence-electron chi connectivity index (χ2n) is 4.22. The lowest BCUT2D eigenvalue weighted by molar-refractivity contribution is -0.385. The standard InChI is InChI=1S/C13H16N2O5/c1-4-20-13(17)9(3)14-12(16)10-7-8(2)5-6-11(10)15(18)19/h5-7,9H,4H2,1-3H3,(H,14,16). The maximum absolute atomic E-state index is 12.0. The summed E-state index contributed by atoms with van der Waals surface area (Å²) >= 11 is 0. The molecule has 0 aliphatic rings. The number of carbonyl (C=O) groups excluding carboxylic acids is 2. The van der Waals surface area contributed by atoms with Crippen molar-refractivity contribution in [2.24, 2.45) is 0 Å². The summed E-state index contributed by atoms with van der Waals surface area (Å²) < 4.78 is 4.75. The summed E-state index contributed by atoms with van der Waals surface area (Å²) in [6, 6.07) is 3.34. The Labute approximate surface area is 116 Å². The van der Waals surface area contributed by atoms with Gasteiger partial charge in [-0.2, -0.15) is 0 Å². The van der Waals surface area contributed by atoms with E-state index in [0.717, 1.165) is 0 Å². The summed E-state index contributed by atoms with van der Waals surface area (Å²) in [5.74, 6) is -1.27. The van der Waals surface area contributed by atoms with Crippen LogP contribution in [0.5, 0.6) is 0 Å². The molecule has 1 atom stereocenters. The minimum absolute atomic E-state index is 0.0776. The molecule has 1 unspecified atom stereocenters. The zero-order chi connectivity index (χ0) is 15.3. The van der Waals surface area contributed by atoms with Gasteiger partial charge in [-0.25, -0.2) is 4.79 Å². The van der Waals surface area contributed by atoms with E-state index in [9.17, 15) is 19.7 Å². The van der Waals surface area contributed by atoms with Gasteiger partial charge in [0.2, 0.25) is 0 Å². The lowest BCUT2D eigenvalue weighted by Gasteiger charge is -2.12. The first-order valence-electron chi connectivity index (χ1n) is 6.09. The van der Waals surface area contributed by atoms with Crippen molar-refractivity contribution in [2.45, 2.75) is 26.8 Å². The van der Waals surface area contributed by atoms with Gasteiger partial charge >= 0.3 is 5.97 Å². The number of esters is 1. The number of ether oxygens (including phenoxy) is 1. The second-order valence-corrected chi connectivity index (χ2v) is 4.22. The fourth-order valence-corrected chi connectivity index (χ4v) is 1.59. The third kappa shape index (κ3) is 3.78. The van der Waals surface area contributed by atoms with Crippen molar-refractivity contribution in [1.82, 2.24) is 5.32 Å². The Bertz CT molecular complexity index is 542. The molecule has 0 bridgehead atoms. The number of aryl methyl sites for hydroxylation is 1. The zero-order valence-corrected chi connectivity index (χ0v) is 11.5. The normalized spacial score (nSPS) is 11.6. The van der Waals surface area contributed by atoms with Gasteiger partial charge in [-0.15, -0.1) is 0 Å². The molecule has 0 aliphatic heterocycles. The van der Waals surface area contributed by atoms with Crippen LogP contribution in [0.25, 0.3) is 0 Å². The van der Waals surface area contributed by atoms with Crippen LogP contribution >= 0.6 is 0 Å². The Kier molecular flexibility index (Phi) is 5.19. The number of nitrogens with zero attached hydrogens (tertiary/aromatic N) is 1. The largest absolute Gasteiger partial charge is 0.464 e. The van der Waals surface area contributed by atoms with Crippen LogP contribution in [-0.4, -0.2) is 29.4 Å². The van der Waals surface area contributed by atoms with Crippen molar-refractivity contribution in [3.05, 3.63) is 39.4 Å². The van der Waals surface area contributed by atoms with Crippen LogP contribution in [0, 0.1) is 17.0 Å². The number of carbonyl (C=O) groups is 2. The fraction of sp³-hybridized carbons (Fsp3) is 0.385. The molecule has 0 saturated carbocycles. The Balaban J connectivity index is 2.95. The molecular formula is C13H16N2O5. The molecule has 1 aromatic rings. The summed E-state index contributed by atoms with van der Waals surface area (Å²) in [5, 5.41) is 13.3. The Morgan fingerprint density at radius 1 is 1.45 bits per heavy atom. The molecule has 7 heteroatoms. The minimum atomic E-state index is -0.873. The summed E-state index contributed by atoms with van der Waals surface area (Å²) in [6.45, 7) is 5.02. The molecule has 0 radical (unpaired) electrons. The molecule has 0 saturated heterocycles. The molecule has 0 aromatic heterocycles. The lowest BCUT2D eigenvalue weighted by Crippen LogP contribution is -2.39.